The van der Waals surface area contributed by atoms with Crippen molar-refractivity contribution in [2.45, 2.75) is 80.3 Å². The van der Waals surface area contributed by atoms with Gasteiger partial charge >= 0.3 is 5.97 Å². The maximum atomic E-state index is 13.1. The van der Waals surface area contributed by atoms with Crippen molar-refractivity contribution in [3.8, 4) is 0 Å². The number of nitrogens with zero attached hydrogens (tertiary/aromatic N) is 1. The molecule has 1 N–H and O–H groups in total. The Morgan fingerprint density at radius 1 is 1.23 bits per heavy atom. The fourth-order valence-electron chi connectivity index (χ4n) is 4.80. The molecular formula is C21H34N2O3. The van der Waals surface area contributed by atoms with Crippen molar-refractivity contribution in [2.24, 2.45) is 11.3 Å². The number of hydrogen-bond acceptors (Lipinski definition) is 3. The van der Waals surface area contributed by atoms with Crippen LogP contribution in [-0.4, -0.2) is 29.1 Å². The first kappa shape index (κ1) is 20.5. The van der Waals surface area contributed by atoms with E-state index in [0.717, 1.165) is 18.5 Å². The molecule has 146 valence electrons. The highest BCUT2D eigenvalue weighted by molar-refractivity contribution is 6.01. The molecule has 2 rings (SSSR count). The van der Waals surface area contributed by atoms with Crippen molar-refractivity contribution in [2.75, 3.05) is 6.61 Å². The third-order valence-electron chi connectivity index (χ3n) is 5.50. The Bertz CT molecular complexity index is 688. The third kappa shape index (κ3) is 4.13. The number of aromatic nitrogens is 1. The van der Waals surface area contributed by atoms with E-state index in [4.69, 9.17) is 4.74 Å². The molecular weight excluding hydrogens is 328 g/mol. The van der Waals surface area contributed by atoms with E-state index in [-0.39, 0.29) is 23.3 Å². The summed E-state index contributed by atoms with van der Waals surface area (Å²) >= 11 is 0. The van der Waals surface area contributed by atoms with Crippen LogP contribution in [0, 0.1) is 25.2 Å². The molecule has 0 aromatic carbocycles. The number of carbonyl (C=O) groups is 2. The van der Waals surface area contributed by atoms with Gasteiger partial charge < -0.3 is 14.6 Å². The van der Waals surface area contributed by atoms with Gasteiger partial charge in [-0.05, 0) is 63.9 Å². The lowest BCUT2D eigenvalue weighted by molar-refractivity contribution is 0.0512. The van der Waals surface area contributed by atoms with Gasteiger partial charge in [-0.3, -0.25) is 4.79 Å². The predicted octanol–water partition coefficient (Wildman–Crippen LogP) is 4.25. The van der Waals surface area contributed by atoms with Crippen LogP contribution in [0.5, 0.6) is 0 Å². The number of carbonyl (C=O) groups excluding carboxylic acids is 2. The number of ether oxygens (including phenoxy) is 1. The van der Waals surface area contributed by atoms with Gasteiger partial charge in [0.1, 0.15) is 5.69 Å². The summed E-state index contributed by atoms with van der Waals surface area (Å²) in [6, 6.07) is 0.177. The van der Waals surface area contributed by atoms with Crippen LogP contribution in [-0.2, 0) is 11.3 Å². The number of esters is 1. The van der Waals surface area contributed by atoms with Gasteiger partial charge in [-0.2, -0.15) is 0 Å². The van der Waals surface area contributed by atoms with Crippen LogP contribution in [0.1, 0.15) is 86.0 Å². The van der Waals surface area contributed by atoms with Gasteiger partial charge in [-0.15, -0.1) is 0 Å². The van der Waals surface area contributed by atoms with Gasteiger partial charge in [0.05, 0.1) is 12.2 Å². The number of hydrogen-bond donors (Lipinski definition) is 1. The SMILES string of the molecule is CCOC(=O)c1c(C)c(C(=O)N[C@H]2C[C@H](C)CC(C)(C)C2)c(C)n1CC. The monoisotopic (exact) mass is 362 g/mol. The zero-order chi connectivity index (χ0) is 19.6. The molecule has 1 amide bonds. The lowest BCUT2D eigenvalue weighted by Gasteiger charge is -2.39. The van der Waals surface area contributed by atoms with Gasteiger partial charge in [0.25, 0.3) is 5.91 Å². The van der Waals surface area contributed by atoms with Gasteiger partial charge in [0, 0.05) is 18.3 Å². The molecule has 0 unspecified atom stereocenters. The van der Waals surface area contributed by atoms with Gasteiger partial charge in [0.2, 0.25) is 0 Å². The molecule has 5 nitrogen and oxygen atoms in total. The molecule has 2 atom stereocenters. The van der Waals surface area contributed by atoms with E-state index >= 15 is 0 Å². The van der Waals surface area contributed by atoms with Crippen LogP contribution in [0.15, 0.2) is 0 Å². The van der Waals surface area contributed by atoms with Crippen molar-refractivity contribution in [1.29, 1.82) is 0 Å². The molecule has 0 radical (unpaired) electrons. The Kier molecular flexibility index (Phi) is 6.20. The Hall–Kier alpha value is -1.78. The minimum Gasteiger partial charge on any atom is -0.461 e. The van der Waals surface area contributed by atoms with Crippen molar-refractivity contribution in [3.05, 3.63) is 22.5 Å². The number of nitrogens with one attached hydrogen (secondary N) is 1. The summed E-state index contributed by atoms with van der Waals surface area (Å²) in [5.74, 6) is 0.163. The molecule has 1 fully saturated rings. The molecule has 5 heteroatoms. The summed E-state index contributed by atoms with van der Waals surface area (Å²) in [5, 5.41) is 3.23. The average molecular weight is 363 g/mol. The Labute approximate surface area is 157 Å². The quantitative estimate of drug-likeness (QED) is 0.797. The molecule has 1 aromatic rings. The van der Waals surface area contributed by atoms with Crippen molar-refractivity contribution in [3.63, 3.8) is 0 Å². The van der Waals surface area contributed by atoms with Crippen molar-refractivity contribution in [1.82, 2.24) is 9.88 Å². The summed E-state index contributed by atoms with van der Waals surface area (Å²) in [6.07, 6.45) is 3.18. The zero-order valence-corrected chi connectivity index (χ0v) is 17.4. The molecule has 0 aliphatic heterocycles. The van der Waals surface area contributed by atoms with E-state index in [0.29, 0.717) is 35.9 Å². The van der Waals surface area contributed by atoms with Crippen LogP contribution >= 0.6 is 0 Å². The Morgan fingerprint density at radius 3 is 2.42 bits per heavy atom. The normalized spacial score (nSPS) is 22.1. The topological polar surface area (TPSA) is 60.3 Å². The second kappa shape index (κ2) is 7.85. The minimum atomic E-state index is -0.360. The largest absolute Gasteiger partial charge is 0.461 e. The highest BCUT2D eigenvalue weighted by Gasteiger charge is 2.34. The fourth-order valence-corrected chi connectivity index (χ4v) is 4.80. The van der Waals surface area contributed by atoms with Gasteiger partial charge in [-0.1, -0.05) is 20.8 Å². The van der Waals surface area contributed by atoms with Crippen molar-refractivity contribution >= 4 is 11.9 Å². The summed E-state index contributed by atoms with van der Waals surface area (Å²) in [4.78, 5) is 25.4. The van der Waals surface area contributed by atoms with E-state index in [1.807, 2.05) is 25.3 Å². The van der Waals surface area contributed by atoms with Crippen LogP contribution in [0.2, 0.25) is 0 Å². The molecule has 1 aliphatic rings. The standard InChI is InChI=1S/C21H34N2O3/c1-8-23-15(5)17(14(4)18(23)20(25)26-9-2)19(24)22-16-10-13(3)11-21(6,7)12-16/h13,16H,8-12H2,1-7H3,(H,22,24)/t13-,16-/m0/s1. The minimum absolute atomic E-state index is 0.0763. The van der Waals surface area contributed by atoms with Crippen LogP contribution in [0.25, 0.3) is 0 Å². The van der Waals surface area contributed by atoms with Crippen LogP contribution < -0.4 is 5.32 Å². The smallest absolute Gasteiger partial charge is 0.355 e. The fraction of sp³-hybridized carbons (Fsp3) is 0.714. The predicted molar refractivity (Wildman–Crippen MR) is 104 cm³/mol. The first-order valence-electron chi connectivity index (χ1n) is 9.78. The summed E-state index contributed by atoms with van der Waals surface area (Å²) in [7, 11) is 0. The van der Waals surface area contributed by atoms with Crippen LogP contribution in [0.3, 0.4) is 0 Å². The number of rotatable bonds is 5. The van der Waals surface area contributed by atoms with E-state index < -0.39 is 0 Å². The highest BCUT2D eigenvalue weighted by Crippen LogP contribution is 2.38. The molecule has 1 heterocycles. The van der Waals surface area contributed by atoms with Crippen molar-refractivity contribution < 1.29 is 14.3 Å². The molecule has 1 saturated carbocycles. The summed E-state index contributed by atoms with van der Waals surface area (Å²) < 4.78 is 7.08. The van der Waals surface area contributed by atoms with Gasteiger partial charge in [0.15, 0.2) is 0 Å². The Morgan fingerprint density at radius 2 is 1.88 bits per heavy atom. The second-order valence-corrected chi connectivity index (χ2v) is 8.48. The van der Waals surface area contributed by atoms with E-state index in [9.17, 15) is 9.59 Å². The highest BCUT2D eigenvalue weighted by atomic mass is 16.5. The molecule has 1 aliphatic carbocycles. The summed E-state index contributed by atoms with van der Waals surface area (Å²) in [5.41, 5.74) is 2.89. The summed E-state index contributed by atoms with van der Waals surface area (Å²) in [6.45, 7) is 15.2. The van der Waals surface area contributed by atoms with E-state index in [2.05, 4.69) is 26.1 Å². The maximum absolute atomic E-state index is 13.1. The maximum Gasteiger partial charge on any atom is 0.355 e. The molecule has 0 bridgehead atoms. The molecule has 1 aromatic heterocycles. The van der Waals surface area contributed by atoms with Crippen LogP contribution in [0.4, 0.5) is 0 Å². The first-order valence-corrected chi connectivity index (χ1v) is 9.78. The Balaban J connectivity index is 2.30. The first-order chi connectivity index (χ1) is 12.1. The third-order valence-corrected chi connectivity index (χ3v) is 5.50. The lowest BCUT2D eigenvalue weighted by Crippen LogP contribution is -2.43. The lowest BCUT2D eigenvalue weighted by atomic mass is 9.70. The van der Waals surface area contributed by atoms with E-state index in [1.54, 1.807) is 6.92 Å². The molecule has 0 spiro atoms. The van der Waals surface area contributed by atoms with E-state index in [1.165, 1.54) is 6.42 Å². The second-order valence-electron chi connectivity index (χ2n) is 8.48. The number of amides is 1. The van der Waals surface area contributed by atoms with Gasteiger partial charge in [-0.25, -0.2) is 4.79 Å². The molecule has 26 heavy (non-hydrogen) atoms. The molecule has 0 saturated heterocycles. The average Bonchev–Trinajstić information content (AvgIpc) is 2.75. The zero-order valence-electron chi connectivity index (χ0n) is 17.4.